The topological polar surface area (TPSA) is 171 Å². The van der Waals surface area contributed by atoms with Crippen molar-refractivity contribution in [1.29, 1.82) is 0 Å². The molecule has 1 aromatic carbocycles. The fourth-order valence-electron chi connectivity index (χ4n) is 6.34. The normalized spacial score (nSPS) is 31.6. The highest BCUT2D eigenvalue weighted by molar-refractivity contribution is 6.24. The van der Waals surface area contributed by atoms with Crippen LogP contribution in [0.3, 0.4) is 0 Å². The Morgan fingerprint density at radius 1 is 1.23 bits per heavy atom. The number of carbonyl (C=O) groups is 3. The summed E-state index contributed by atoms with van der Waals surface area (Å²) < 4.78 is 5.31. The monoisotopic (exact) mass is 484 g/mol. The zero-order valence-electron chi connectivity index (χ0n) is 19.4. The summed E-state index contributed by atoms with van der Waals surface area (Å²) in [4.78, 5) is 41.2. The van der Waals surface area contributed by atoms with Gasteiger partial charge in [-0.25, -0.2) is 0 Å². The van der Waals surface area contributed by atoms with Crippen LogP contribution >= 0.6 is 0 Å². The fourth-order valence-corrected chi connectivity index (χ4v) is 6.34. The van der Waals surface area contributed by atoms with Gasteiger partial charge in [-0.3, -0.25) is 19.3 Å². The van der Waals surface area contributed by atoms with E-state index >= 15 is 0 Å². The van der Waals surface area contributed by atoms with Crippen molar-refractivity contribution in [2.75, 3.05) is 26.8 Å². The number of ketones is 2. The average Bonchev–Trinajstić information content (AvgIpc) is 2.75. The van der Waals surface area contributed by atoms with Crippen LogP contribution in [0.25, 0.3) is 5.76 Å². The van der Waals surface area contributed by atoms with Crippen molar-refractivity contribution in [3.05, 3.63) is 46.2 Å². The second-order valence-electron chi connectivity index (χ2n) is 10.5. The van der Waals surface area contributed by atoms with E-state index in [1.165, 1.54) is 6.07 Å². The zero-order chi connectivity index (χ0) is 25.4. The Bertz CT molecular complexity index is 1230. The number of aromatic hydroxyl groups is 1. The maximum atomic E-state index is 13.8. The largest absolute Gasteiger partial charge is 0.508 e. The van der Waals surface area contributed by atoms with Crippen molar-refractivity contribution < 1.29 is 39.5 Å². The van der Waals surface area contributed by atoms with Crippen molar-refractivity contribution in [2.24, 2.45) is 23.0 Å². The van der Waals surface area contributed by atoms with Crippen molar-refractivity contribution >= 4 is 23.2 Å². The number of carbonyl (C=O) groups excluding carboxylic acids is 3. The molecule has 4 unspecified atom stereocenters. The Morgan fingerprint density at radius 3 is 2.51 bits per heavy atom. The maximum Gasteiger partial charge on any atom is 0.255 e. The first-order valence-corrected chi connectivity index (χ1v) is 11.5. The van der Waals surface area contributed by atoms with Crippen LogP contribution in [0.1, 0.15) is 24.5 Å². The van der Waals surface area contributed by atoms with Gasteiger partial charge in [0, 0.05) is 23.5 Å². The molecule has 4 atom stereocenters. The Labute approximate surface area is 201 Å². The van der Waals surface area contributed by atoms with Crippen LogP contribution in [0.5, 0.6) is 5.75 Å². The first-order valence-electron chi connectivity index (χ1n) is 11.5. The Balaban J connectivity index is 1.66. The van der Waals surface area contributed by atoms with Gasteiger partial charge in [0.15, 0.2) is 11.4 Å². The van der Waals surface area contributed by atoms with Crippen molar-refractivity contribution in [3.63, 3.8) is 0 Å². The maximum absolute atomic E-state index is 13.8. The predicted molar refractivity (Wildman–Crippen MR) is 122 cm³/mol. The number of amides is 1. The molecule has 1 aliphatic heterocycles. The van der Waals surface area contributed by atoms with E-state index < -0.39 is 58.0 Å². The molecule has 2 fully saturated rings. The number of likely N-dealkylation sites (N-methyl/N-ethyl adjacent to an activating group) is 1. The minimum atomic E-state index is -2.64. The van der Waals surface area contributed by atoms with Gasteiger partial charge in [0.1, 0.15) is 22.8 Å². The number of Topliss-reactive ketones (excluding diaryl/α,β-unsaturated/α-hetero) is 2. The van der Waals surface area contributed by atoms with Crippen molar-refractivity contribution in [1.82, 2.24) is 4.90 Å². The standard InChI is InChI=1S/C25H28N2O8/c1-24(9-35-10-24)8-27(2)18-13-7-12-6-11-4-3-5-14(28)15(11)19(29)16(12)21(31)25(13,34)22(32)17(20(18)30)23(26)33/h3-5,12-13,18,28-29,32,34H,6-10H2,1-2H3,(H2,26,33). The summed E-state index contributed by atoms with van der Waals surface area (Å²) in [6.45, 7) is 3.30. The van der Waals surface area contributed by atoms with Crippen LogP contribution in [0.15, 0.2) is 35.1 Å². The molecule has 0 radical (unpaired) electrons. The quantitative estimate of drug-likeness (QED) is 0.379. The number of hydrogen-bond donors (Lipinski definition) is 5. The fraction of sp³-hybridized carbons (Fsp3) is 0.480. The molecule has 3 aliphatic carbocycles. The molecule has 0 bridgehead atoms. The van der Waals surface area contributed by atoms with Gasteiger partial charge in [-0.1, -0.05) is 19.1 Å². The molecule has 35 heavy (non-hydrogen) atoms. The Morgan fingerprint density at radius 2 is 1.91 bits per heavy atom. The summed E-state index contributed by atoms with van der Waals surface area (Å²) in [7, 11) is 1.66. The molecule has 1 aromatic rings. The number of aliphatic hydroxyl groups excluding tert-OH is 2. The average molecular weight is 485 g/mol. The molecule has 186 valence electrons. The van der Waals surface area contributed by atoms with E-state index in [0.717, 1.165) is 0 Å². The molecule has 0 aromatic heterocycles. The lowest BCUT2D eigenvalue weighted by Crippen LogP contribution is -2.67. The Kier molecular flexibility index (Phi) is 5.14. The number of phenolic OH excluding ortho intramolecular Hbond substituents is 1. The summed E-state index contributed by atoms with van der Waals surface area (Å²) in [6, 6.07) is 3.61. The van der Waals surface area contributed by atoms with Crippen LogP contribution in [0.4, 0.5) is 0 Å². The lowest BCUT2D eigenvalue weighted by Gasteiger charge is -2.52. The van der Waals surface area contributed by atoms with Gasteiger partial charge < -0.3 is 30.9 Å². The molecule has 10 nitrogen and oxygen atoms in total. The number of primary amides is 1. The molecule has 1 amide bonds. The highest BCUT2D eigenvalue weighted by Gasteiger charge is 2.64. The predicted octanol–water partition coefficient (Wildman–Crippen LogP) is 0.371. The highest BCUT2D eigenvalue weighted by Crippen LogP contribution is 2.52. The number of phenols is 1. The number of rotatable bonds is 4. The lowest BCUT2D eigenvalue weighted by molar-refractivity contribution is -0.159. The van der Waals surface area contributed by atoms with E-state index in [1.807, 2.05) is 6.92 Å². The van der Waals surface area contributed by atoms with Crippen molar-refractivity contribution in [2.45, 2.75) is 31.4 Å². The smallest absolute Gasteiger partial charge is 0.255 e. The molecule has 6 N–H and O–H groups in total. The number of hydrogen-bond acceptors (Lipinski definition) is 9. The Hall–Kier alpha value is -3.21. The van der Waals surface area contributed by atoms with Crippen LogP contribution in [0, 0.1) is 17.3 Å². The molecular formula is C25H28N2O8. The van der Waals surface area contributed by atoms with Gasteiger partial charge >= 0.3 is 0 Å². The molecule has 1 saturated heterocycles. The second kappa shape index (κ2) is 7.64. The van der Waals surface area contributed by atoms with Gasteiger partial charge in [-0.05, 0) is 37.4 Å². The van der Waals surface area contributed by atoms with Crippen LogP contribution < -0.4 is 5.73 Å². The molecule has 5 rings (SSSR count). The van der Waals surface area contributed by atoms with E-state index in [4.69, 9.17) is 10.5 Å². The summed E-state index contributed by atoms with van der Waals surface area (Å²) in [5.41, 5.74) is 2.25. The summed E-state index contributed by atoms with van der Waals surface area (Å²) in [5, 5.41) is 44.0. The van der Waals surface area contributed by atoms with Gasteiger partial charge in [0.2, 0.25) is 5.78 Å². The minimum absolute atomic E-state index is 0.0702. The summed E-state index contributed by atoms with van der Waals surface area (Å²) >= 11 is 0. The third-order valence-corrected chi connectivity index (χ3v) is 7.91. The van der Waals surface area contributed by atoms with Gasteiger partial charge in [0.25, 0.3) is 5.91 Å². The van der Waals surface area contributed by atoms with E-state index in [2.05, 4.69) is 0 Å². The number of fused-ring (bicyclic) bond motifs is 3. The lowest BCUT2D eigenvalue weighted by atomic mass is 9.57. The van der Waals surface area contributed by atoms with E-state index in [-0.39, 0.29) is 35.1 Å². The third kappa shape index (κ3) is 3.17. The third-order valence-electron chi connectivity index (χ3n) is 7.91. The number of ether oxygens (including phenoxy) is 1. The molecule has 4 aliphatic rings. The molecule has 1 saturated carbocycles. The van der Waals surface area contributed by atoms with Crippen LogP contribution in [0.2, 0.25) is 0 Å². The van der Waals surface area contributed by atoms with Gasteiger partial charge in [-0.2, -0.15) is 0 Å². The van der Waals surface area contributed by atoms with Crippen LogP contribution in [-0.2, 0) is 25.5 Å². The molecule has 0 spiro atoms. The SMILES string of the molecule is CN(CC1(C)COC1)C1C(=O)C(C(N)=O)=C(O)C2(O)C(=O)C3=C(O)c4c(O)cccc4CC3CC12. The number of nitrogens with zero attached hydrogens (tertiary/aromatic N) is 1. The summed E-state index contributed by atoms with van der Waals surface area (Å²) in [6.07, 6.45) is 0.353. The summed E-state index contributed by atoms with van der Waals surface area (Å²) in [5.74, 6) is -6.49. The van der Waals surface area contributed by atoms with Crippen molar-refractivity contribution in [3.8, 4) is 5.75 Å². The van der Waals surface area contributed by atoms with Crippen LogP contribution in [-0.4, -0.2) is 81.2 Å². The highest BCUT2D eigenvalue weighted by atomic mass is 16.5. The van der Waals surface area contributed by atoms with E-state index in [9.17, 15) is 34.8 Å². The first kappa shape index (κ1) is 23.5. The second-order valence-corrected chi connectivity index (χ2v) is 10.5. The number of aliphatic hydroxyl groups is 3. The molecular weight excluding hydrogens is 456 g/mol. The van der Waals surface area contributed by atoms with E-state index in [1.54, 1.807) is 24.1 Å². The van der Waals surface area contributed by atoms with E-state index in [0.29, 0.717) is 25.3 Å². The number of nitrogens with two attached hydrogens (primary N) is 1. The van der Waals surface area contributed by atoms with Gasteiger partial charge in [-0.15, -0.1) is 0 Å². The van der Waals surface area contributed by atoms with Gasteiger partial charge in [0.05, 0.1) is 24.8 Å². The zero-order valence-corrected chi connectivity index (χ0v) is 19.4. The molecule has 10 heteroatoms. The number of benzene rings is 1. The molecule has 1 heterocycles. The first-order chi connectivity index (χ1) is 16.4. The minimum Gasteiger partial charge on any atom is -0.508 e.